The standard InChI is InChI=1S/C18H27NO5.C18H25NO5/c2*1-4-23-18(22)19-12-5-6-13-11(7-12)8-14-16(15(13)9(2)20)10(3)24-17(14)21/h10-16H,4-8H2,1-3H3,(H,19,22);8,10,12-16H,4-7H2,1-3H3,(H,19,22)/t10-,11?,12-,13-,14-,15+,16-;10-,12-,13-,14-,15+,16-/m11/s1. The summed E-state index contributed by atoms with van der Waals surface area (Å²) >= 11 is 0. The van der Waals surface area contributed by atoms with Crippen LogP contribution in [0.5, 0.6) is 0 Å². The number of esters is 2. The number of nitrogens with one attached hydrogen (secondary N) is 2. The molecule has 2 N–H and O–H groups in total. The van der Waals surface area contributed by atoms with Gasteiger partial charge in [-0.05, 0) is 104 Å². The van der Waals surface area contributed by atoms with Gasteiger partial charge in [0.25, 0.3) is 0 Å². The zero-order valence-electron chi connectivity index (χ0n) is 29.0. The van der Waals surface area contributed by atoms with E-state index in [-0.39, 0.29) is 101 Å². The molecule has 2 aliphatic heterocycles. The van der Waals surface area contributed by atoms with Crippen LogP contribution in [0.15, 0.2) is 11.6 Å². The number of ether oxygens (including phenoxy) is 4. The summed E-state index contributed by atoms with van der Waals surface area (Å²) in [5, 5.41) is 5.79. The fourth-order valence-corrected chi connectivity index (χ4v) is 10.0. The van der Waals surface area contributed by atoms with E-state index in [4.69, 9.17) is 18.9 Å². The SMILES string of the molecule is CCOC(=O)N[C@@H]1CC[C@@H]2C(=C[C@H]3C(=O)O[C@H](C)[C@H]3[C@H]2C(C)=O)C1.CCOC(=O)N[C@@H]1CC[C@@H]2C(C1)C[C@H]1C(=O)O[C@H](C)[C@H]1[C@H]2C(C)=O. The predicted molar refractivity (Wildman–Crippen MR) is 172 cm³/mol. The van der Waals surface area contributed by atoms with Crippen LogP contribution >= 0.6 is 0 Å². The zero-order chi connectivity index (χ0) is 34.9. The van der Waals surface area contributed by atoms with Gasteiger partial charge in [-0.1, -0.05) is 11.6 Å². The Kier molecular flexibility index (Phi) is 11.2. The van der Waals surface area contributed by atoms with Gasteiger partial charge in [0.2, 0.25) is 0 Å². The molecule has 0 aromatic heterocycles. The van der Waals surface area contributed by atoms with Crippen molar-refractivity contribution in [3.05, 3.63) is 11.6 Å². The molecule has 6 aliphatic rings. The van der Waals surface area contributed by atoms with Gasteiger partial charge in [0.15, 0.2) is 0 Å². The van der Waals surface area contributed by atoms with Crippen LogP contribution in [0.2, 0.25) is 0 Å². The molecule has 5 fully saturated rings. The molecule has 2 saturated heterocycles. The minimum Gasteiger partial charge on any atom is -0.462 e. The molecule has 0 spiro atoms. The topological polar surface area (TPSA) is 163 Å². The predicted octanol–water partition coefficient (Wildman–Crippen LogP) is 4.53. The van der Waals surface area contributed by atoms with Crippen molar-refractivity contribution in [1.82, 2.24) is 10.6 Å². The molecule has 13 atom stereocenters. The van der Waals surface area contributed by atoms with Gasteiger partial charge in [0.05, 0.1) is 25.0 Å². The smallest absolute Gasteiger partial charge is 0.407 e. The molecule has 0 aromatic rings. The van der Waals surface area contributed by atoms with Gasteiger partial charge in [0.1, 0.15) is 23.8 Å². The number of rotatable bonds is 6. The van der Waals surface area contributed by atoms with Gasteiger partial charge < -0.3 is 29.6 Å². The fraction of sp³-hybridized carbons (Fsp3) is 0.778. The van der Waals surface area contributed by atoms with Crippen LogP contribution < -0.4 is 10.6 Å². The number of fused-ring (bicyclic) bond motifs is 4. The lowest BCUT2D eigenvalue weighted by Crippen LogP contribution is -2.50. The average Bonchev–Trinajstić information content (AvgIpc) is 3.46. The van der Waals surface area contributed by atoms with Crippen LogP contribution in [0.3, 0.4) is 0 Å². The van der Waals surface area contributed by atoms with Crippen molar-refractivity contribution in [2.45, 2.75) is 111 Å². The van der Waals surface area contributed by atoms with Gasteiger partial charge in [-0.3, -0.25) is 19.2 Å². The largest absolute Gasteiger partial charge is 0.462 e. The number of alkyl carbamates (subject to hydrolysis) is 2. The van der Waals surface area contributed by atoms with Crippen molar-refractivity contribution in [2.75, 3.05) is 13.2 Å². The minimum absolute atomic E-state index is 0.00875. The van der Waals surface area contributed by atoms with Gasteiger partial charge in [0, 0.05) is 35.8 Å². The van der Waals surface area contributed by atoms with Crippen LogP contribution in [-0.4, -0.2) is 73.2 Å². The monoisotopic (exact) mass is 672 g/mol. The van der Waals surface area contributed by atoms with E-state index in [1.807, 2.05) is 19.9 Å². The van der Waals surface area contributed by atoms with Crippen molar-refractivity contribution >= 4 is 35.7 Å². The maximum Gasteiger partial charge on any atom is 0.407 e. The second-order valence-electron chi connectivity index (χ2n) is 14.6. The Bertz CT molecular complexity index is 1310. The molecule has 12 heteroatoms. The first-order valence-electron chi connectivity index (χ1n) is 17.8. The Morgan fingerprint density at radius 3 is 1.96 bits per heavy atom. The molecule has 2 heterocycles. The summed E-state index contributed by atoms with van der Waals surface area (Å²) in [6, 6.07) is 0.0508. The molecule has 2 amide bonds. The lowest BCUT2D eigenvalue weighted by molar-refractivity contribution is -0.145. The van der Waals surface area contributed by atoms with E-state index in [1.54, 1.807) is 27.7 Å². The fourth-order valence-electron chi connectivity index (χ4n) is 10.0. The highest BCUT2D eigenvalue weighted by molar-refractivity contribution is 5.85. The van der Waals surface area contributed by atoms with Crippen molar-refractivity contribution < 1.29 is 47.7 Å². The van der Waals surface area contributed by atoms with Gasteiger partial charge in [-0.2, -0.15) is 0 Å². The van der Waals surface area contributed by atoms with Crippen molar-refractivity contribution in [3.8, 4) is 0 Å². The number of Topliss-reactive ketones (excluding diaryl/α,β-unsaturated/α-hetero) is 2. The highest BCUT2D eigenvalue weighted by Crippen LogP contribution is 2.53. The third-order valence-corrected chi connectivity index (χ3v) is 11.8. The highest BCUT2D eigenvalue weighted by atomic mass is 16.6. The molecule has 4 aliphatic carbocycles. The Labute approximate surface area is 282 Å². The number of carbonyl (C=O) groups excluding carboxylic acids is 6. The van der Waals surface area contributed by atoms with E-state index in [0.29, 0.717) is 25.6 Å². The molecular formula is C36H52N2O10. The maximum atomic E-state index is 12.3. The third-order valence-electron chi connectivity index (χ3n) is 11.8. The van der Waals surface area contributed by atoms with Crippen LogP contribution in [-0.2, 0) is 38.1 Å². The second kappa shape index (κ2) is 15.0. The Morgan fingerprint density at radius 1 is 0.750 bits per heavy atom. The molecule has 48 heavy (non-hydrogen) atoms. The third kappa shape index (κ3) is 7.27. The first kappa shape index (κ1) is 35.9. The number of ketones is 2. The van der Waals surface area contributed by atoms with Crippen molar-refractivity contribution in [1.29, 1.82) is 0 Å². The van der Waals surface area contributed by atoms with Crippen LogP contribution in [0, 0.1) is 53.3 Å². The molecule has 6 rings (SSSR count). The summed E-state index contributed by atoms with van der Waals surface area (Å²) in [6.45, 7) is 11.3. The van der Waals surface area contributed by atoms with E-state index in [2.05, 4.69) is 10.6 Å². The molecule has 1 unspecified atom stereocenters. The van der Waals surface area contributed by atoms with E-state index in [0.717, 1.165) is 44.1 Å². The molecule has 0 aromatic carbocycles. The minimum atomic E-state index is -0.410. The average molecular weight is 673 g/mol. The Hall–Kier alpha value is -3.44. The summed E-state index contributed by atoms with van der Waals surface area (Å²) in [5.41, 5.74) is 1.11. The molecule has 0 radical (unpaired) electrons. The van der Waals surface area contributed by atoms with E-state index in [9.17, 15) is 28.8 Å². The van der Waals surface area contributed by atoms with Gasteiger partial charge in [-0.25, -0.2) is 9.59 Å². The van der Waals surface area contributed by atoms with E-state index >= 15 is 0 Å². The number of carbonyl (C=O) groups is 6. The zero-order valence-corrected chi connectivity index (χ0v) is 29.0. The maximum absolute atomic E-state index is 12.3. The van der Waals surface area contributed by atoms with Crippen LogP contribution in [0.1, 0.15) is 86.5 Å². The van der Waals surface area contributed by atoms with Crippen LogP contribution in [0.4, 0.5) is 9.59 Å². The normalized spacial score (nSPS) is 39.3. The lowest BCUT2D eigenvalue weighted by atomic mass is 9.56. The summed E-state index contributed by atoms with van der Waals surface area (Å²) < 4.78 is 20.7. The highest BCUT2D eigenvalue weighted by Gasteiger charge is 2.57. The molecule has 3 saturated carbocycles. The lowest BCUT2D eigenvalue weighted by Gasteiger charge is -2.47. The van der Waals surface area contributed by atoms with Crippen molar-refractivity contribution in [2.24, 2.45) is 53.3 Å². The molecule has 266 valence electrons. The summed E-state index contributed by atoms with van der Waals surface area (Å²) in [4.78, 5) is 72.3. The number of hydrogen-bond acceptors (Lipinski definition) is 10. The first-order chi connectivity index (χ1) is 22.8. The number of cyclic esters (lactones) is 2. The molecule has 12 nitrogen and oxygen atoms in total. The summed E-state index contributed by atoms with van der Waals surface area (Å²) in [7, 11) is 0. The number of amides is 2. The summed E-state index contributed by atoms with van der Waals surface area (Å²) in [5.74, 6) is -0.173. The van der Waals surface area contributed by atoms with E-state index in [1.165, 1.54) is 0 Å². The van der Waals surface area contributed by atoms with E-state index < -0.39 is 6.09 Å². The summed E-state index contributed by atoms with van der Waals surface area (Å²) in [6.07, 6.45) is 6.44. The van der Waals surface area contributed by atoms with Crippen molar-refractivity contribution in [3.63, 3.8) is 0 Å². The molecular weight excluding hydrogens is 620 g/mol. The van der Waals surface area contributed by atoms with Gasteiger partial charge >= 0.3 is 24.1 Å². The second-order valence-corrected chi connectivity index (χ2v) is 14.6. The number of hydrogen-bond donors (Lipinski definition) is 2. The van der Waals surface area contributed by atoms with Crippen LogP contribution in [0.25, 0.3) is 0 Å². The Balaban J connectivity index is 0.000000188. The Morgan fingerprint density at radius 2 is 1.33 bits per heavy atom. The first-order valence-corrected chi connectivity index (χ1v) is 17.8. The quantitative estimate of drug-likeness (QED) is 0.233. The van der Waals surface area contributed by atoms with Gasteiger partial charge in [-0.15, -0.1) is 0 Å². The molecule has 0 bridgehead atoms.